The molecule has 1 aromatic carbocycles. The van der Waals surface area contributed by atoms with Crippen molar-refractivity contribution in [3.63, 3.8) is 0 Å². The Kier molecular flexibility index (Phi) is 8.39. The van der Waals surface area contributed by atoms with Crippen molar-refractivity contribution in [1.82, 2.24) is 10.2 Å². The smallest absolute Gasteiger partial charge is 0.238 e. The van der Waals surface area contributed by atoms with E-state index in [-0.39, 0.29) is 30.9 Å². The van der Waals surface area contributed by atoms with E-state index in [2.05, 4.69) is 24.5 Å². The van der Waals surface area contributed by atoms with Gasteiger partial charge in [0, 0.05) is 6.04 Å². The fourth-order valence-electron chi connectivity index (χ4n) is 3.52. The summed E-state index contributed by atoms with van der Waals surface area (Å²) in [5.41, 5.74) is 0.399. The molecule has 27 heavy (non-hydrogen) atoms. The number of carbonyl (C=O) groups excluding carboxylic acids is 2. The molecule has 0 heterocycles. The van der Waals surface area contributed by atoms with Crippen LogP contribution in [-0.2, 0) is 9.59 Å². The topological polar surface area (TPSA) is 61.4 Å². The Morgan fingerprint density at radius 3 is 2.37 bits per heavy atom. The van der Waals surface area contributed by atoms with E-state index in [1.54, 1.807) is 23.1 Å². The molecular weight excluding hydrogens is 385 g/mol. The molecule has 0 unspecified atom stereocenters. The number of carbonyl (C=O) groups is 2. The summed E-state index contributed by atoms with van der Waals surface area (Å²) in [6.45, 7) is 7.25. The molecule has 0 aliphatic heterocycles. The largest absolute Gasteiger partial charge is 0.352 e. The summed E-state index contributed by atoms with van der Waals surface area (Å²) >= 11 is 12.2. The number of para-hydroxylation sites is 1. The first-order valence-electron chi connectivity index (χ1n) is 9.57. The van der Waals surface area contributed by atoms with Crippen LogP contribution in [0.4, 0.5) is 5.69 Å². The second-order valence-corrected chi connectivity index (χ2v) is 8.20. The van der Waals surface area contributed by atoms with Crippen LogP contribution in [0.15, 0.2) is 18.2 Å². The van der Waals surface area contributed by atoms with Gasteiger partial charge in [0.25, 0.3) is 0 Å². The van der Waals surface area contributed by atoms with Crippen molar-refractivity contribution in [3.05, 3.63) is 28.2 Å². The van der Waals surface area contributed by atoms with Crippen LogP contribution in [0.2, 0.25) is 10.0 Å². The van der Waals surface area contributed by atoms with E-state index < -0.39 is 0 Å². The average Bonchev–Trinajstić information content (AvgIpc) is 2.61. The van der Waals surface area contributed by atoms with Crippen molar-refractivity contribution >= 4 is 40.7 Å². The van der Waals surface area contributed by atoms with E-state index in [9.17, 15) is 9.59 Å². The van der Waals surface area contributed by atoms with E-state index in [0.717, 1.165) is 12.8 Å². The fourth-order valence-corrected chi connectivity index (χ4v) is 4.01. The number of amides is 2. The number of hydrogen-bond donors (Lipinski definition) is 2. The summed E-state index contributed by atoms with van der Waals surface area (Å²) in [7, 11) is 0. The van der Waals surface area contributed by atoms with Crippen molar-refractivity contribution in [2.45, 2.75) is 46.1 Å². The van der Waals surface area contributed by atoms with Crippen molar-refractivity contribution in [2.24, 2.45) is 11.8 Å². The molecule has 0 bridgehead atoms. The van der Waals surface area contributed by atoms with Crippen molar-refractivity contribution in [1.29, 1.82) is 0 Å². The molecule has 0 spiro atoms. The van der Waals surface area contributed by atoms with Gasteiger partial charge in [0.2, 0.25) is 11.8 Å². The number of nitrogens with one attached hydrogen (secondary N) is 2. The number of rotatable bonds is 7. The monoisotopic (exact) mass is 413 g/mol. The predicted octanol–water partition coefficient (Wildman–Crippen LogP) is 4.19. The molecule has 1 aliphatic rings. The summed E-state index contributed by atoms with van der Waals surface area (Å²) in [4.78, 5) is 26.6. The second kappa shape index (κ2) is 10.3. The summed E-state index contributed by atoms with van der Waals surface area (Å²) in [5.74, 6) is 0.812. The molecule has 1 aliphatic carbocycles. The molecule has 1 aromatic rings. The lowest BCUT2D eigenvalue weighted by molar-refractivity contribution is -0.124. The fraction of sp³-hybridized carbons (Fsp3) is 0.600. The van der Waals surface area contributed by atoms with Gasteiger partial charge < -0.3 is 10.6 Å². The third kappa shape index (κ3) is 6.37. The normalized spacial score (nSPS) is 22.5. The Balaban J connectivity index is 1.87. The van der Waals surface area contributed by atoms with E-state index in [1.165, 1.54) is 6.42 Å². The molecule has 1 fully saturated rings. The molecule has 0 aromatic heterocycles. The summed E-state index contributed by atoms with van der Waals surface area (Å²) < 4.78 is 0. The molecule has 2 N–H and O–H groups in total. The highest BCUT2D eigenvalue weighted by Gasteiger charge is 2.28. The van der Waals surface area contributed by atoms with E-state index in [0.29, 0.717) is 34.1 Å². The van der Waals surface area contributed by atoms with E-state index >= 15 is 0 Å². The van der Waals surface area contributed by atoms with Gasteiger partial charge in [-0.2, -0.15) is 0 Å². The summed E-state index contributed by atoms with van der Waals surface area (Å²) in [5, 5.41) is 6.66. The van der Waals surface area contributed by atoms with Gasteiger partial charge in [-0.3, -0.25) is 14.5 Å². The molecule has 0 saturated heterocycles. The lowest BCUT2D eigenvalue weighted by atomic mass is 9.78. The standard InChI is InChI=1S/C20H29Cl2N3O2/c1-4-25(11-18(26)23-17-10-5-7-13(2)14(17)3)12-19(27)24-20-15(21)8-6-9-16(20)22/h6,8-9,13-14,17H,4-5,7,10-12H2,1-3H3,(H,23,26)(H,24,27)/t13-,14-,17+/m0/s1. The average molecular weight is 414 g/mol. The minimum absolute atomic E-state index is 0.0358. The number of anilines is 1. The molecule has 2 amide bonds. The maximum Gasteiger partial charge on any atom is 0.238 e. The third-order valence-electron chi connectivity index (χ3n) is 5.46. The first-order chi connectivity index (χ1) is 12.8. The third-order valence-corrected chi connectivity index (χ3v) is 6.09. The lowest BCUT2D eigenvalue weighted by Crippen LogP contribution is -2.48. The quantitative estimate of drug-likeness (QED) is 0.703. The molecule has 1 saturated carbocycles. The Hall–Kier alpha value is -1.30. The molecule has 3 atom stereocenters. The van der Waals surface area contributed by atoms with Crippen LogP contribution in [0.3, 0.4) is 0 Å². The zero-order valence-electron chi connectivity index (χ0n) is 16.2. The van der Waals surface area contributed by atoms with Gasteiger partial charge in [-0.25, -0.2) is 0 Å². The van der Waals surface area contributed by atoms with Gasteiger partial charge >= 0.3 is 0 Å². The Bertz CT molecular complexity index is 648. The highest BCUT2D eigenvalue weighted by Crippen LogP contribution is 2.30. The maximum absolute atomic E-state index is 12.5. The highest BCUT2D eigenvalue weighted by molar-refractivity contribution is 6.39. The minimum atomic E-state index is -0.251. The minimum Gasteiger partial charge on any atom is -0.352 e. The zero-order chi connectivity index (χ0) is 20.0. The van der Waals surface area contributed by atoms with Crippen molar-refractivity contribution in [2.75, 3.05) is 25.0 Å². The molecule has 0 radical (unpaired) electrons. The molecule has 150 valence electrons. The summed E-state index contributed by atoms with van der Waals surface area (Å²) in [6, 6.07) is 5.27. The number of benzene rings is 1. The van der Waals surface area contributed by atoms with Crippen LogP contribution in [0.25, 0.3) is 0 Å². The Labute approximate surface area is 171 Å². The van der Waals surface area contributed by atoms with Gasteiger partial charge in [-0.15, -0.1) is 0 Å². The van der Waals surface area contributed by atoms with Crippen LogP contribution < -0.4 is 10.6 Å². The van der Waals surface area contributed by atoms with Gasteiger partial charge in [-0.05, 0) is 36.9 Å². The lowest BCUT2D eigenvalue weighted by Gasteiger charge is -2.35. The summed E-state index contributed by atoms with van der Waals surface area (Å²) in [6.07, 6.45) is 3.39. The van der Waals surface area contributed by atoms with Gasteiger partial charge in [0.05, 0.1) is 28.8 Å². The van der Waals surface area contributed by atoms with Gasteiger partial charge in [-0.1, -0.05) is 62.9 Å². The first kappa shape index (κ1) is 22.0. The van der Waals surface area contributed by atoms with Gasteiger partial charge in [0.15, 0.2) is 0 Å². The maximum atomic E-state index is 12.5. The first-order valence-corrected chi connectivity index (χ1v) is 10.3. The molecule has 2 rings (SSSR count). The second-order valence-electron chi connectivity index (χ2n) is 7.39. The zero-order valence-corrected chi connectivity index (χ0v) is 17.7. The van der Waals surface area contributed by atoms with Crippen LogP contribution in [-0.4, -0.2) is 42.4 Å². The van der Waals surface area contributed by atoms with Gasteiger partial charge in [0.1, 0.15) is 0 Å². The van der Waals surface area contributed by atoms with Crippen LogP contribution in [0, 0.1) is 11.8 Å². The highest BCUT2D eigenvalue weighted by atomic mass is 35.5. The van der Waals surface area contributed by atoms with Crippen molar-refractivity contribution < 1.29 is 9.59 Å². The number of halogens is 2. The Morgan fingerprint density at radius 2 is 1.74 bits per heavy atom. The number of likely N-dealkylation sites (N-methyl/N-ethyl adjacent to an activating group) is 1. The molecule has 7 heteroatoms. The van der Waals surface area contributed by atoms with E-state index in [4.69, 9.17) is 23.2 Å². The van der Waals surface area contributed by atoms with Crippen molar-refractivity contribution in [3.8, 4) is 0 Å². The van der Waals surface area contributed by atoms with Crippen LogP contribution in [0.1, 0.15) is 40.0 Å². The Morgan fingerprint density at radius 1 is 1.11 bits per heavy atom. The predicted molar refractivity (Wildman–Crippen MR) is 111 cm³/mol. The molecule has 5 nitrogen and oxygen atoms in total. The number of nitrogens with zero attached hydrogens (tertiary/aromatic N) is 1. The SMILES string of the molecule is CCN(CC(=O)Nc1c(Cl)cccc1Cl)CC(=O)N[C@@H]1CCC[C@H](C)[C@@H]1C. The van der Waals surface area contributed by atoms with Crippen LogP contribution in [0.5, 0.6) is 0 Å². The number of hydrogen-bond acceptors (Lipinski definition) is 3. The van der Waals surface area contributed by atoms with E-state index in [1.807, 2.05) is 6.92 Å². The van der Waals surface area contributed by atoms with Crippen LogP contribution >= 0.6 is 23.2 Å². The molecular formula is C20H29Cl2N3O2.